The Morgan fingerprint density at radius 1 is 1.36 bits per heavy atom. The standard InChI is InChI=1S/C18H23ClN2O/c1-11(2)14-8-12-7-13(21(4)16(12)9-15(14)19)10-20-17(22)18(3)5-6-18/h7-9,11H,5-6,10H2,1-4H3,(H,20,22). The predicted molar refractivity (Wildman–Crippen MR) is 91.2 cm³/mol. The number of aryl methyl sites for hydroxylation is 1. The molecular weight excluding hydrogens is 296 g/mol. The summed E-state index contributed by atoms with van der Waals surface area (Å²) in [5, 5.41) is 5.05. The molecule has 1 aromatic carbocycles. The van der Waals surface area contributed by atoms with Gasteiger partial charge in [-0.2, -0.15) is 0 Å². The zero-order valence-corrected chi connectivity index (χ0v) is 14.4. The van der Waals surface area contributed by atoms with Crippen molar-refractivity contribution in [2.75, 3.05) is 0 Å². The van der Waals surface area contributed by atoms with E-state index >= 15 is 0 Å². The Morgan fingerprint density at radius 3 is 2.64 bits per heavy atom. The lowest BCUT2D eigenvalue weighted by molar-refractivity contribution is -0.125. The molecule has 118 valence electrons. The molecule has 1 aliphatic carbocycles. The lowest BCUT2D eigenvalue weighted by atomic mass is 10.0. The van der Waals surface area contributed by atoms with E-state index in [0.29, 0.717) is 12.5 Å². The second-order valence-electron chi connectivity index (χ2n) is 7.03. The highest BCUT2D eigenvalue weighted by molar-refractivity contribution is 6.32. The van der Waals surface area contributed by atoms with Crippen LogP contribution in [0.2, 0.25) is 5.02 Å². The lowest BCUT2D eigenvalue weighted by Crippen LogP contribution is -2.30. The van der Waals surface area contributed by atoms with Crippen molar-refractivity contribution in [2.45, 2.75) is 46.1 Å². The molecule has 1 aromatic heterocycles. The Bertz CT molecular complexity index is 741. The van der Waals surface area contributed by atoms with Gasteiger partial charge < -0.3 is 9.88 Å². The molecule has 0 spiro atoms. The zero-order valence-electron chi connectivity index (χ0n) is 13.7. The van der Waals surface area contributed by atoms with Crippen LogP contribution < -0.4 is 5.32 Å². The molecule has 0 radical (unpaired) electrons. The number of hydrogen-bond donors (Lipinski definition) is 1. The second kappa shape index (κ2) is 5.31. The Kier molecular flexibility index (Phi) is 3.72. The topological polar surface area (TPSA) is 34.0 Å². The van der Waals surface area contributed by atoms with E-state index in [2.05, 4.69) is 35.9 Å². The van der Waals surface area contributed by atoms with Crippen molar-refractivity contribution < 1.29 is 4.79 Å². The van der Waals surface area contributed by atoms with Crippen molar-refractivity contribution in [3.8, 4) is 0 Å². The van der Waals surface area contributed by atoms with Crippen molar-refractivity contribution in [1.82, 2.24) is 9.88 Å². The van der Waals surface area contributed by atoms with Crippen LogP contribution in [0.5, 0.6) is 0 Å². The number of halogens is 1. The van der Waals surface area contributed by atoms with Crippen LogP contribution in [0.4, 0.5) is 0 Å². The first-order chi connectivity index (χ1) is 10.3. The molecule has 1 N–H and O–H groups in total. The molecule has 22 heavy (non-hydrogen) atoms. The lowest BCUT2D eigenvalue weighted by Gasteiger charge is -2.11. The van der Waals surface area contributed by atoms with Crippen molar-refractivity contribution >= 4 is 28.4 Å². The number of rotatable bonds is 4. The predicted octanol–water partition coefficient (Wildman–Crippen LogP) is 4.37. The first kappa shape index (κ1) is 15.4. The number of fused-ring (bicyclic) bond motifs is 1. The van der Waals surface area contributed by atoms with Crippen LogP contribution in [0.1, 0.15) is 50.8 Å². The third-order valence-corrected chi connectivity index (χ3v) is 5.19. The van der Waals surface area contributed by atoms with Crippen LogP contribution in [0.15, 0.2) is 18.2 Å². The summed E-state index contributed by atoms with van der Waals surface area (Å²) in [5.74, 6) is 0.564. The monoisotopic (exact) mass is 318 g/mol. The minimum Gasteiger partial charge on any atom is -0.350 e. The molecule has 0 bridgehead atoms. The summed E-state index contributed by atoms with van der Waals surface area (Å²) in [6.07, 6.45) is 2.00. The highest BCUT2D eigenvalue weighted by Crippen LogP contribution is 2.45. The molecule has 4 heteroatoms. The number of amides is 1. The normalized spacial score (nSPS) is 16.3. The van der Waals surface area contributed by atoms with Crippen LogP contribution in [0, 0.1) is 5.41 Å². The number of carbonyl (C=O) groups excluding carboxylic acids is 1. The van der Waals surface area contributed by atoms with Gasteiger partial charge in [0.05, 0.1) is 6.54 Å². The fourth-order valence-electron chi connectivity index (χ4n) is 2.85. The molecule has 0 atom stereocenters. The van der Waals surface area contributed by atoms with Gasteiger partial charge in [-0.15, -0.1) is 0 Å². The van der Waals surface area contributed by atoms with Gasteiger partial charge in [0.15, 0.2) is 0 Å². The molecule has 1 heterocycles. The van der Waals surface area contributed by atoms with Gasteiger partial charge in [-0.3, -0.25) is 4.79 Å². The van der Waals surface area contributed by atoms with E-state index in [9.17, 15) is 4.79 Å². The third kappa shape index (κ3) is 2.63. The molecule has 1 aliphatic rings. The maximum atomic E-state index is 12.1. The number of aromatic nitrogens is 1. The molecule has 1 amide bonds. The Hall–Kier alpha value is -1.48. The van der Waals surface area contributed by atoms with Crippen molar-refractivity contribution in [3.63, 3.8) is 0 Å². The van der Waals surface area contributed by atoms with Gasteiger partial charge in [-0.1, -0.05) is 32.4 Å². The number of benzene rings is 1. The molecule has 2 aromatic rings. The van der Waals surface area contributed by atoms with E-state index in [1.807, 2.05) is 20.0 Å². The summed E-state index contributed by atoms with van der Waals surface area (Å²) in [4.78, 5) is 12.1. The van der Waals surface area contributed by atoms with Crippen LogP contribution in [-0.2, 0) is 18.4 Å². The van der Waals surface area contributed by atoms with Crippen LogP contribution in [-0.4, -0.2) is 10.5 Å². The Labute approximate surface area is 136 Å². The average molecular weight is 319 g/mol. The minimum absolute atomic E-state index is 0.126. The second-order valence-corrected chi connectivity index (χ2v) is 7.43. The van der Waals surface area contributed by atoms with E-state index in [0.717, 1.165) is 29.1 Å². The molecular formula is C18H23ClN2O. The number of nitrogens with one attached hydrogen (secondary N) is 1. The van der Waals surface area contributed by atoms with Crippen molar-refractivity contribution in [1.29, 1.82) is 0 Å². The fourth-order valence-corrected chi connectivity index (χ4v) is 3.22. The van der Waals surface area contributed by atoms with Gasteiger partial charge in [0, 0.05) is 34.1 Å². The highest BCUT2D eigenvalue weighted by Gasteiger charge is 2.44. The number of carbonyl (C=O) groups is 1. The molecule has 0 unspecified atom stereocenters. The summed E-state index contributed by atoms with van der Waals surface area (Å²) < 4.78 is 2.11. The molecule has 3 rings (SSSR count). The first-order valence-electron chi connectivity index (χ1n) is 7.88. The van der Waals surface area contributed by atoms with Gasteiger partial charge in [-0.25, -0.2) is 0 Å². The van der Waals surface area contributed by atoms with E-state index in [4.69, 9.17) is 11.6 Å². The fraction of sp³-hybridized carbons (Fsp3) is 0.500. The van der Waals surface area contributed by atoms with E-state index < -0.39 is 0 Å². The van der Waals surface area contributed by atoms with Crippen molar-refractivity contribution in [2.24, 2.45) is 12.5 Å². The Balaban J connectivity index is 1.87. The summed E-state index contributed by atoms with van der Waals surface area (Å²) in [6, 6.07) is 6.34. The number of nitrogens with zero attached hydrogens (tertiary/aromatic N) is 1. The van der Waals surface area contributed by atoms with E-state index in [1.54, 1.807) is 0 Å². The maximum absolute atomic E-state index is 12.1. The molecule has 3 nitrogen and oxygen atoms in total. The number of hydrogen-bond acceptors (Lipinski definition) is 1. The quantitative estimate of drug-likeness (QED) is 0.892. The van der Waals surface area contributed by atoms with Gasteiger partial charge in [-0.05, 0) is 42.5 Å². The van der Waals surface area contributed by atoms with Gasteiger partial charge in [0.2, 0.25) is 5.91 Å². The molecule has 1 saturated carbocycles. The summed E-state index contributed by atoms with van der Waals surface area (Å²) in [6.45, 7) is 6.88. The zero-order chi connectivity index (χ0) is 16.1. The van der Waals surface area contributed by atoms with Crippen LogP contribution in [0.3, 0.4) is 0 Å². The molecule has 0 aliphatic heterocycles. The maximum Gasteiger partial charge on any atom is 0.226 e. The van der Waals surface area contributed by atoms with Crippen molar-refractivity contribution in [3.05, 3.63) is 34.5 Å². The Morgan fingerprint density at radius 2 is 2.05 bits per heavy atom. The smallest absolute Gasteiger partial charge is 0.226 e. The molecule has 1 fully saturated rings. The SMILES string of the molecule is CC(C)c1cc2cc(CNC(=O)C3(C)CC3)n(C)c2cc1Cl. The largest absolute Gasteiger partial charge is 0.350 e. The summed E-state index contributed by atoms with van der Waals surface area (Å²) in [7, 11) is 2.02. The first-order valence-corrected chi connectivity index (χ1v) is 8.26. The van der Waals surface area contributed by atoms with Gasteiger partial charge in [0.25, 0.3) is 0 Å². The van der Waals surface area contributed by atoms with E-state index in [1.165, 1.54) is 10.9 Å². The van der Waals surface area contributed by atoms with Crippen LogP contribution in [0.25, 0.3) is 10.9 Å². The minimum atomic E-state index is -0.126. The molecule has 0 saturated heterocycles. The van der Waals surface area contributed by atoms with E-state index in [-0.39, 0.29) is 11.3 Å². The highest BCUT2D eigenvalue weighted by atomic mass is 35.5. The van der Waals surface area contributed by atoms with Gasteiger partial charge in [0.1, 0.15) is 0 Å². The van der Waals surface area contributed by atoms with Gasteiger partial charge >= 0.3 is 0 Å². The summed E-state index contributed by atoms with van der Waals surface area (Å²) >= 11 is 6.39. The third-order valence-electron chi connectivity index (χ3n) is 4.86. The summed E-state index contributed by atoms with van der Waals surface area (Å²) in [5.41, 5.74) is 3.25. The van der Waals surface area contributed by atoms with Crippen LogP contribution >= 0.6 is 11.6 Å². The average Bonchev–Trinajstić information content (AvgIpc) is 3.14.